The molecule has 0 unspecified atom stereocenters. The fraction of sp³-hybridized carbons (Fsp3) is 0.765. The van der Waals surface area contributed by atoms with Crippen molar-refractivity contribution < 1.29 is 20.1 Å². The monoisotopic (exact) mass is 536 g/mol. The van der Waals surface area contributed by atoms with E-state index in [-0.39, 0.29) is 31.0 Å². The lowest BCUT2D eigenvalue weighted by Gasteiger charge is -2.39. The lowest BCUT2D eigenvalue weighted by molar-refractivity contribution is -0.0658. The number of hydrogen-bond donors (Lipinski definition) is 3. The van der Waals surface area contributed by atoms with Gasteiger partial charge in [-0.15, -0.1) is 0 Å². The molecule has 0 aliphatic heterocycles. The number of allylic oxidation sites excluding steroid dienone is 4. The molecule has 38 heavy (non-hydrogen) atoms. The zero-order valence-corrected chi connectivity index (χ0v) is 26.2. The van der Waals surface area contributed by atoms with E-state index in [0.29, 0.717) is 6.42 Å². The second-order valence-electron chi connectivity index (χ2n) is 10.7. The van der Waals surface area contributed by atoms with Crippen molar-refractivity contribution in [3.05, 3.63) is 48.6 Å². The van der Waals surface area contributed by atoms with E-state index in [1.54, 1.807) is 0 Å². The highest BCUT2D eigenvalue weighted by molar-refractivity contribution is 5.21. The molecule has 4 heteroatoms. The van der Waals surface area contributed by atoms with Crippen LogP contribution in [0.5, 0.6) is 0 Å². The van der Waals surface area contributed by atoms with Crippen LogP contribution in [0, 0.1) is 5.41 Å². The standard InChI is InChI=1S/C28H50O.C6H14O3/c1-7-13-15-17-19-25-27(21-9-3,22-10-4)29-28(23-11-5,24-12-6)26-20-18-16-14-8-2;1-2-6(3-7,4-8)5-9/h9-12,21-24H,7-8,13-20,25-26H2,1-6H3;7-9H,2-5H2,1H3/b21-9-,22-10-,23-11-,24-12-;. The van der Waals surface area contributed by atoms with Crippen molar-refractivity contribution >= 4 is 0 Å². The molecule has 0 saturated carbocycles. The molecule has 0 spiro atoms. The summed E-state index contributed by atoms with van der Waals surface area (Å²) < 4.78 is 7.05. The first kappa shape index (κ1) is 38.9. The third-order valence-corrected chi connectivity index (χ3v) is 7.27. The Morgan fingerprint density at radius 3 is 1.03 bits per heavy atom. The van der Waals surface area contributed by atoms with Crippen LogP contribution in [0.4, 0.5) is 0 Å². The second kappa shape index (κ2) is 24.8. The van der Waals surface area contributed by atoms with Crippen LogP contribution in [0.2, 0.25) is 0 Å². The van der Waals surface area contributed by atoms with Crippen LogP contribution in [0.25, 0.3) is 0 Å². The summed E-state index contributed by atoms with van der Waals surface area (Å²) in [5, 5.41) is 26.0. The van der Waals surface area contributed by atoms with E-state index in [9.17, 15) is 0 Å². The summed E-state index contributed by atoms with van der Waals surface area (Å²) in [6.07, 6.45) is 33.2. The maximum absolute atomic E-state index is 8.66. The highest BCUT2D eigenvalue weighted by Gasteiger charge is 2.35. The quantitative estimate of drug-likeness (QED) is 0.0954. The molecule has 3 N–H and O–H groups in total. The van der Waals surface area contributed by atoms with Gasteiger partial charge in [0, 0.05) is 5.41 Å². The van der Waals surface area contributed by atoms with Crippen molar-refractivity contribution in [1.82, 2.24) is 0 Å². The molecule has 0 radical (unpaired) electrons. The minimum atomic E-state index is -0.667. The van der Waals surface area contributed by atoms with Gasteiger partial charge in [0.1, 0.15) is 11.2 Å². The van der Waals surface area contributed by atoms with Gasteiger partial charge in [0.05, 0.1) is 19.8 Å². The third kappa shape index (κ3) is 16.7. The number of unbranched alkanes of at least 4 members (excludes halogenated alkanes) is 8. The summed E-state index contributed by atoms with van der Waals surface area (Å²) in [6.45, 7) is 14.3. The van der Waals surface area contributed by atoms with Crippen molar-refractivity contribution in [1.29, 1.82) is 0 Å². The van der Waals surface area contributed by atoms with E-state index in [1.807, 2.05) is 6.92 Å². The molecule has 4 nitrogen and oxygen atoms in total. The molecule has 0 aromatic carbocycles. The van der Waals surface area contributed by atoms with Crippen molar-refractivity contribution in [2.75, 3.05) is 19.8 Å². The fourth-order valence-corrected chi connectivity index (χ4v) is 4.66. The van der Waals surface area contributed by atoms with Crippen LogP contribution in [-0.4, -0.2) is 46.3 Å². The second-order valence-corrected chi connectivity index (χ2v) is 10.7. The molecule has 0 fully saturated rings. The molecular formula is C34H64O4. The molecule has 0 aromatic heterocycles. The Morgan fingerprint density at radius 2 is 0.816 bits per heavy atom. The normalized spacial score (nSPS) is 13.3. The van der Waals surface area contributed by atoms with Crippen LogP contribution in [0.15, 0.2) is 48.6 Å². The third-order valence-electron chi connectivity index (χ3n) is 7.27. The topological polar surface area (TPSA) is 69.9 Å². The number of ether oxygens (including phenoxy) is 1. The Bertz CT molecular complexity index is 543. The van der Waals surface area contributed by atoms with E-state index < -0.39 is 5.41 Å². The molecule has 0 atom stereocenters. The molecule has 0 heterocycles. The summed E-state index contributed by atoms with van der Waals surface area (Å²) in [5.41, 5.74) is -1.34. The molecule has 0 bridgehead atoms. The van der Waals surface area contributed by atoms with Crippen LogP contribution in [0.1, 0.15) is 132 Å². The number of hydrogen-bond acceptors (Lipinski definition) is 4. The summed E-state index contributed by atoms with van der Waals surface area (Å²) >= 11 is 0. The van der Waals surface area contributed by atoms with Crippen molar-refractivity contribution in [2.24, 2.45) is 5.41 Å². The minimum Gasteiger partial charge on any atom is -0.396 e. The van der Waals surface area contributed by atoms with Crippen LogP contribution < -0.4 is 0 Å². The smallest absolute Gasteiger partial charge is 0.106 e. The first-order chi connectivity index (χ1) is 18.3. The zero-order valence-electron chi connectivity index (χ0n) is 26.2. The first-order valence-corrected chi connectivity index (χ1v) is 15.4. The minimum absolute atomic E-state index is 0.156. The Labute approximate surface area is 237 Å². The lowest BCUT2D eigenvalue weighted by atomic mass is 9.88. The van der Waals surface area contributed by atoms with Crippen molar-refractivity contribution in [3.63, 3.8) is 0 Å². The van der Waals surface area contributed by atoms with Crippen LogP contribution >= 0.6 is 0 Å². The predicted octanol–water partition coefficient (Wildman–Crippen LogP) is 8.87. The largest absolute Gasteiger partial charge is 0.396 e. The average Bonchev–Trinajstić information content (AvgIpc) is 2.91. The van der Waals surface area contributed by atoms with E-state index in [1.165, 1.54) is 64.2 Å². The van der Waals surface area contributed by atoms with Crippen LogP contribution in [0.3, 0.4) is 0 Å². The number of rotatable bonds is 22. The van der Waals surface area contributed by atoms with Gasteiger partial charge in [-0.3, -0.25) is 0 Å². The fourth-order valence-electron chi connectivity index (χ4n) is 4.66. The van der Waals surface area contributed by atoms with E-state index in [2.05, 4.69) is 90.2 Å². The van der Waals surface area contributed by atoms with Gasteiger partial charge >= 0.3 is 0 Å². The molecule has 0 amide bonds. The molecule has 0 aliphatic carbocycles. The Morgan fingerprint density at radius 1 is 0.500 bits per heavy atom. The maximum Gasteiger partial charge on any atom is 0.106 e. The van der Waals surface area contributed by atoms with E-state index >= 15 is 0 Å². The van der Waals surface area contributed by atoms with Gasteiger partial charge < -0.3 is 20.1 Å². The SMILES string of the molecule is C/C=C\C(/C=C\C)(CCCCCCC)OC(/C=C\C)(/C=C\C)CCCCCCC.CCC(CO)(CO)CO. The average molecular weight is 537 g/mol. The van der Waals surface area contributed by atoms with Crippen LogP contribution in [-0.2, 0) is 4.74 Å². The van der Waals surface area contributed by atoms with Crippen molar-refractivity contribution in [2.45, 2.75) is 143 Å². The summed E-state index contributed by atoms with van der Waals surface area (Å²) in [4.78, 5) is 0. The highest BCUT2D eigenvalue weighted by Crippen LogP contribution is 2.35. The van der Waals surface area contributed by atoms with Crippen molar-refractivity contribution in [3.8, 4) is 0 Å². The highest BCUT2D eigenvalue weighted by atomic mass is 16.5. The van der Waals surface area contributed by atoms with Gasteiger partial charge in [0.15, 0.2) is 0 Å². The van der Waals surface area contributed by atoms with Gasteiger partial charge in [-0.1, -0.05) is 121 Å². The molecule has 0 saturated heterocycles. The van der Waals surface area contributed by atoms with Gasteiger partial charge in [-0.25, -0.2) is 0 Å². The maximum atomic E-state index is 8.66. The predicted molar refractivity (Wildman–Crippen MR) is 167 cm³/mol. The Hall–Kier alpha value is -1.20. The van der Waals surface area contributed by atoms with E-state index in [4.69, 9.17) is 20.1 Å². The van der Waals surface area contributed by atoms with Gasteiger partial charge in [0.25, 0.3) is 0 Å². The Balaban J connectivity index is 0. The lowest BCUT2D eigenvalue weighted by Crippen LogP contribution is -2.40. The van der Waals surface area contributed by atoms with Gasteiger partial charge in [0.2, 0.25) is 0 Å². The summed E-state index contributed by atoms with van der Waals surface area (Å²) in [6, 6.07) is 0. The Kier molecular flexibility index (Phi) is 25.4. The van der Waals surface area contributed by atoms with Gasteiger partial charge in [-0.2, -0.15) is 0 Å². The first-order valence-electron chi connectivity index (χ1n) is 15.4. The number of aliphatic hydroxyl groups is 3. The summed E-state index contributed by atoms with van der Waals surface area (Å²) in [5.74, 6) is 0. The molecular weight excluding hydrogens is 472 g/mol. The summed E-state index contributed by atoms with van der Waals surface area (Å²) in [7, 11) is 0. The zero-order chi connectivity index (χ0) is 29.2. The molecule has 0 aliphatic rings. The molecule has 224 valence electrons. The molecule has 0 aromatic rings. The van der Waals surface area contributed by atoms with Gasteiger partial charge in [-0.05, 0) is 59.8 Å². The molecule has 0 rings (SSSR count). The number of aliphatic hydroxyl groups excluding tert-OH is 3. The van der Waals surface area contributed by atoms with E-state index in [0.717, 1.165) is 12.8 Å².